The molecule has 0 atom stereocenters. The second-order valence-electron chi connectivity index (χ2n) is 7.64. The van der Waals surface area contributed by atoms with Gasteiger partial charge < -0.3 is 19.9 Å². The molecule has 28 heavy (non-hydrogen) atoms. The van der Waals surface area contributed by atoms with Gasteiger partial charge >= 0.3 is 0 Å². The van der Waals surface area contributed by atoms with Crippen molar-refractivity contribution in [1.29, 1.82) is 0 Å². The first kappa shape index (κ1) is 20.5. The number of piperazine rings is 1. The van der Waals surface area contributed by atoms with Gasteiger partial charge in [-0.15, -0.1) is 0 Å². The lowest BCUT2D eigenvalue weighted by Gasteiger charge is -2.34. The van der Waals surface area contributed by atoms with Crippen molar-refractivity contribution in [3.8, 4) is 5.75 Å². The average molecular weight is 402 g/mol. The molecule has 0 unspecified atom stereocenters. The van der Waals surface area contributed by atoms with Gasteiger partial charge in [-0.2, -0.15) is 0 Å². The van der Waals surface area contributed by atoms with Gasteiger partial charge in [0.1, 0.15) is 5.75 Å². The van der Waals surface area contributed by atoms with Crippen LogP contribution in [0.3, 0.4) is 0 Å². The van der Waals surface area contributed by atoms with Crippen LogP contribution in [-0.2, 0) is 0 Å². The SMILES string of the molecule is CC(C)COc1ccc(C(=O)Nc2ccc(N3CCN(C)CC3)c(Cl)c2)cc1. The summed E-state index contributed by atoms with van der Waals surface area (Å²) >= 11 is 6.49. The molecule has 2 aromatic carbocycles. The minimum Gasteiger partial charge on any atom is -0.493 e. The van der Waals surface area contributed by atoms with Gasteiger partial charge in [0, 0.05) is 37.4 Å². The third kappa shape index (κ3) is 5.40. The lowest BCUT2D eigenvalue weighted by molar-refractivity contribution is 0.102. The minimum absolute atomic E-state index is 0.168. The highest BCUT2D eigenvalue weighted by molar-refractivity contribution is 6.33. The summed E-state index contributed by atoms with van der Waals surface area (Å²) in [6.07, 6.45) is 0. The Morgan fingerprint density at radius 2 is 1.79 bits per heavy atom. The Morgan fingerprint density at radius 1 is 1.11 bits per heavy atom. The van der Waals surface area contributed by atoms with Crippen LogP contribution in [-0.4, -0.2) is 50.6 Å². The number of anilines is 2. The quantitative estimate of drug-likeness (QED) is 0.780. The molecule has 1 fully saturated rings. The van der Waals surface area contributed by atoms with Crippen LogP contribution in [0.25, 0.3) is 0 Å². The Labute approximate surface area is 172 Å². The van der Waals surface area contributed by atoms with Crippen molar-refractivity contribution in [3.05, 3.63) is 53.1 Å². The van der Waals surface area contributed by atoms with E-state index in [-0.39, 0.29) is 5.91 Å². The zero-order chi connectivity index (χ0) is 20.1. The lowest BCUT2D eigenvalue weighted by atomic mass is 10.2. The molecule has 0 bridgehead atoms. The Bertz CT molecular complexity index is 800. The second-order valence-corrected chi connectivity index (χ2v) is 8.05. The smallest absolute Gasteiger partial charge is 0.255 e. The van der Waals surface area contributed by atoms with Crippen molar-refractivity contribution in [1.82, 2.24) is 4.90 Å². The number of hydrogen-bond acceptors (Lipinski definition) is 4. The molecule has 5 nitrogen and oxygen atoms in total. The first-order valence-electron chi connectivity index (χ1n) is 9.69. The molecule has 0 saturated carbocycles. The predicted octanol–water partition coefficient (Wildman–Crippen LogP) is 4.38. The number of likely N-dealkylation sites (N-methyl/N-ethyl adjacent to an activating group) is 1. The molecule has 1 heterocycles. The summed E-state index contributed by atoms with van der Waals surface area (Å²) in [5.41, 5.74) is 2.28. The largest absolute Gasteiger partial charge is 0.493 e. The zero-order valence-electron chi connectivity index (χ0n) is 16.7. The topological polar surface area (TPSA) is 44.8 Å². The van der Waals surface area contributed by atoms with E-state index in [4.69, 9.17) is 16.3 Å². The molecule has 3 rings (SSSR count). The average Bonchev–Trinajstić information content (AvgIpc) is 2.68. The minimum atomic E-state index is -0.168. The fourth-order valence-electron chi connectivity index (χ4n) is 3.06. The third-order valence-electron chi connectivity index (χ3n) is 4.75. The maximum absolute atomic E-state index is 12.5. The van der Waals surface area contributed by atoms with E-state index in [9.17, 15) is 4.79 Å². The number of ether oxygens (including phenoxy) is 1. The highest BCUT2D eigenvalue weighted by Crippen LogP contribution is 2.30. The third-order valence-corrected chi connectivity index (χ3v) is 5.05. The Kier molecular flexibility index (Phi) is 6.81. The summed E-state index contributed by atoms with van der Waals surface area (Å²) in [5.74, 6) is 1.06. The number of carbonyl (C=O) groups is 1. The predicted molar refractivity (Wildman–Crippen MR) is 116 cm³/mol. The molecule has 0 aromatic heterocycles. The summed E-state index contributed by atoms with van der Waals surface area (Å²) in [7, 11) is 2.13. The highest BCUT2D eigenvalue weighted by atomic mass is 35.5. The van der Waals surface area contributed by atoms with Crippen molar-refractivity contribution in [2.24, 2.45) is 5.92 Å². The van der Waals surface area contributed by atoms with E-state index < -0.39 is 0 Å². The molecule has 1 saturated heterocycles. The van der Waals surface area contributed by atoms with E-state index in [0.717, 1.165) is 37.6 Å². The maximum Gasteiger partial charge on any atom is 0.255 e. The van der Waals surface area contributed by atoms with Crippen LogP contribution in [0.1, 0.15) is 24.2 Å². The van der Waals surface area contributed by atoms with E-state index in [1.54, 1.807) is 12.1 Å². The summed E-state index contributed by atoms with van der Waals surface area (Å²) in [6, 6.07) is 12.9. The second kappa shape index (κ2) is 9.30. The lowest BCUT2D eigenvalue weighted by Crippen LogP contribution is -2.44. The number of carbonyl (C=O) groups excluding carboxylic acids is 1. The van der Waals surface area contributed by atoms with Crippen LogP contribution < -0.4 is 15.0 Å². The molecule has 1 amide bonds. The Hall–Kier alpha value is -2.24. The standard InChI is InChI=1S/C22H28ClN3O2/c1-16(2)15-28-19-7-4-17(5-8-19)22(27)24-18-6-9-21(20(23)14-18)26-12-10-25(3)11-13-26/h4-9,14,16H,10-13,15H2,1-3H3,(H,24,27). The molecule has 1 N–H and O–H groups in total. The van der Waals surface area contributed by atoms with Crippen molar-refractivity contribution >= 4 is 28.9 Å². The number of nitrogens with zero attached hydrogens (tertiary/aromatic N) is 2. The fraction of sp³-hybridized carbons (Fsp3) is 0.409. The molecule has 2 aromatic rings. The van der Waals surface area contributed by atoms with E-state index in [1.165, 1.54) is 0 Å². The molecule has 1 aliphatic heterocycles. The van der Waals surface area contributed by atoms with Crippen LogP contribution >= 0.6 is 11.6 Å². The normalized spacial score (nSPS) is 15.0. The molecule has 0 radical (unpaired) electrons. The van der Waals surface area contributed by atoms with Crippen molar-refractivity contribution in [2.45, 2.75) is 13.8 Å². The number of nitrogens with one attached hydrogen (secondary N) is 1. The van der Waals surface area contributed by atoms with Gasteiger partial charge in [0.15, 0.2) is 0 Å². The zero-order valence-corrected chi connectivity index (χ0v) is 17.5. The molecule has 1 aliphatic rings. The highest BCUT2D eigenvalue weighted by Gasteiger charge is 2.17. The molecular formula is C22H28ClN3O2. The summed E-state index contributed by atoms with van der Waals surface area (Å²) in [5, 5.41) is 3.57. The molecule has 150 valence electrons. The first-order chi connectivity index (χ1) is 13.4. The maximum atomic E-state index is 12.5. The number of halogens is 1. The summed E-state index contributed by atoms with van der Waals surface area (Å²) in [4.78, 5) is 17.1. The number of amides is 1. The van der Waals surface area contributed by atoms with E-state index in [1.807, 2.05) is 30.3 Å². The Balaban J connectivity index is 1.61. The van der Waals surface area contributed by atoms with E-state index in [0.29, 0.717) is 28.8 Å². The van der Waals surface area contributed by atoms with Gasteiger partial charge in [0.05, 0.1) is 17.3 Å². The monoisotopic (exact) mass is 401 g/mol. The van der Waals surface area contributed by atoms with Crippen molar-refractivity contribution < 1.29 is 9.53 Å². The number of rotatable bonds is 6. The summed E-state index contributed by atoms with van der Waals surface area (Å²) in [6.45, 7) is 8.80. The number of benzene rings is 2. The van der Waals surface area contributed by atoms with Gasteiger partial charge in [0.2, 0.25) is 0 Å². The van der Waals surface area contributed by atoms with Gasteiger partial charge in [-0.05, 0) is 55.4 Å². The molecular weight excluding hydrogens is 374 g/mol. The van der Waals surface area contributed by atoms with Gasteiger partial charge in [-0.1, -0.05) is 25.4 Å². The molecule has 0 spiro atoms. The van der Waals surface area contributed by atoms with Crippen LogP contribution in [0.15, 0.2) is 42.5 Å². The van der Waals surface area contributed by atoms with Crippen LogP contribution in [0, 0.1) is 5.92 Å². The van der Waals surface area contributed by atoms with Crippen LogP contribution in [0.2, 0.25) is 5.02 Å². The van der Waals surface area contributed by atoms with Crippen LogP contribution in [0.4, 0.5) is 11.4 Å². The van der Waals surface area contributed by atoms with Crippen LogP contribution in [0.5, 0.6) is 5.75 Å². The fourth-order valence-corrected chi connectivity index (χ4v) is 3.36. The molecule has 0 aliphatic carbocycles. The summed E-state index contributed by atoms with van der Waals surface area (Å²) < 4.78 is 5.66. The van der Waals surface area contributed by atoms with Crippen molar-refractivity contribution in [2.75, 3.05) is 50.1 Å². The van der Waals surface area contributed by atoms with E-state index in [2.05, 4.69) is 36.0 Å². The van der Waals surface area contributed by atoms with Crippen molar-refractivity contribution in [3.63, 3.8) is 0 Å². The Morgan fingerprint density at radius 3 is 2.39 bits per heavy atom. The van der Waals surface area contributed by atoms with Gasteiger partial charge in [-0.25, -0.2) is 0 Å². The number of hydrogen-bond donors (Lipinski definition) is 1. The van der Waals surface area contributed by atoms with Gasteiger partial charge in [0.25, 0.3) is 5.91 Å². The molecule has 6 heteroatoms. The van der Waals surface area contributed by atoms with E-state index >= 15 is 0 Å². The van der Waals surface area contributed by atoms with Gasteiger partial charge in [-0.3, -0.25) is 4.79 Å². The first-order valence-corrected chi connectivity index (χ1v) is 10.1.